The lowest BCUT2D eigenvalue weighted by molar-refractivity contribution is 0.385. The highest BCUT2D eigenvalue weighted by Crippen LogP contribution is 2.38. The van der Waals surface area contributed by atoms with E-state index in [1.807, 2.05) is 0 Å². The van der Waals surface area contributed by atoms with Gasteiger partial charge in [0.2, 0.25) is 0 Å². The van der Waals surface area contributed by atoms with Crippen LogP contribution in [0, 0.1) is 0 Å². The summed E-state index contributed by atoms with van der Waals surface area (Å²) < 4.78 is 10.5. The van der Waals surface area contributed by atoms with Gasteiger partial charge in [0.15, 0.2) is 0 Å². The third-order valence-electron chi connectivity index (χ3n) is 1.16. The molecular weight excluding hydrogens is 175 g/mol. The van der Waals surface area contributed by atoms with Crippen molar-refractivity contribution >= 4 is 7.60 Å². The van der Waals surface area contributed by atoms with Crippen molar-refractivity contribution in [2.75, 3.05) is 0 Å². The number of rotatable bonds is 5. The van der Waals surface area contributed by atoms with Crippen LogP contribution in [0.4, 0.5) is 0 Å². The van der Waals surface area contributed by atoms with Gasteiger partial charge in [0.25, 0.3) is 0 Å². The van der Waals surface area contributed by atoms with Crippen molar-refractivity contribution < 1.29 is 14.4 Å². The zero-order valence-electron chi connectivity index (χ0n) is 6.81. The van der Waals surface area contributed by atoms with Gasteiger partial charge in [-0.05, 0) is 12.8 Å². The van der Waals surface area contributed by atoms with E-state index in [9.17, 15) is 4.57 Å². The fourth-order valence-electron chi connectivity index (χ4n) is 0.797. The molecule has 0 aromatic rings. The highest BCUT2D eigenvalue weighted by molar-refractivity contribution is 7.55. The maximum absolute atomic E-state index is 10.5. The molecule has 0 aromatic carbocycles. The topological polar surface area (TPSA) is 57.5 Å². The lowest BCUT2D eigenvalue weighted by atomic mass is 10.1. The lowest BCUT2D eigenvalue weighted by Gasteiger charge is -2.01. The number of hydrogen-bond acceptors (Lipinski definition) is 1. The second-order valence-corrected chi connectivity index (χ2v) is 3.80. The molecule has 0 saturated carbocycles. The molecular formula is C8H13O3P. The van der Waals surface area contributed by atoms with Gasteiger partial charge < -0.3 is 9.79 Å². The van der Waals surface area contributed by atoms with Crippen molar-refractivity contribution in [3.63, 3.8) is 0 Å². The fourth-order valence-corrected chi connectivity index (χ4v) is 1.48. The zero-order chi connectivity index (χ0) is 9.61. The summed E-state index contributed by atoms with van der Waals surface area (Å²) in [6.45, 7) is 6.97. The van der Waals surface area contributed by atoms with Crippen LogP contribution < -0.4 is 0 Å². The van der Waals surface area contributed by atoms with Crippen LogP contribution in [-0.2, 0) is 4.57 Å². The summed E-state index contributed by atoms with van der Waals surface area (Å²) in [7, 11) is -4.04. The predicted octanol–water partition coefficient (Wildman–Crippen LogP) is 2.20. The van der Waals surface area contributed by atoms with Crippen LogP contribution in [0.15, 0.2) is 36.7 Å². The Balaban J connectivity index is 4.47. The van der Waals surface area contributed by atoms with Gasteiger partial charge in [0.05, 0.1) is 0 Å². The molecule has 0 rings (SSSR count). The Morgan fingerprint density at radius 1 is 1.25 bits per heavy atom. The van der Waals surface area contributed by atoms with E-state index in [1.165, 1.54) is 0 Å². The maximum Gasteiger partial charge on any atom is 0.349 e. The average Bonchev–Trinajstić information content (AvgIpc) is 1.84. The summed E-state index contributed by atoms with van der Waals surface area (Å²) >= 11 is 0. The first-order valence-electron chi connectivity index (χ1n) is 3.47. The molecule has 0 spiro atoms. The molecule has 0 saturated heterocycles. The Labute approximate surface area is 72.3 Å². The molecule has 4 heteroatoms. The average molecular weight is 188 g/mol. The fraction of sp³-hybridized carbons (Fsp3) is 0.250. The van der Waals surface area contributed by atoms with Gasteiger partial charge in [-0.25, -0.2) is 0 Å². The Morgan fingerprint density at radius 2 is 1.67 bits per heavy atom. The summed E-state index contributed by atoms with van der Waals surface area (Å²) in [4.78, 5) is 17.2. The van der Waals surface area contributed by atoms with Crippen LogP contribution in [0.5, 0.6) is 0 Å². The number of hydrogen-bond donors (Lipinski definition) is 2. The summed E-state index contributed by atoms with van der Waals surface area (Å²) in [5.74, 6) is 0.969. The van der Waals surface area contributed by atoms with Crippen molar-refractivity contribution in [2.45, 2.75) is 12.8 Å². The molecule has 0 unspecified atom stereocenters. The van der Waals surface area contributed by atoms with Crippen molar-refractivity contribution in [3.8, 4) is 0 Å². The van der Waals surface area contributed by atoms with E-state index in [2.05, 4.69) is 13.2 Å². The molecule has 0 aliphatic carbocycles. The standard InChI is InChI=1S/C8H13O3P/c1-3-5-8(6-4-2)7-12(9,10)11/h3-4,7H,1-2,5-6H2,(H2,9,10,11). The van der Waals surface area contributed by atoms with Crippen molar-refractivity contribution in [2.24, 2.45) is 0 Å². The first kappa shape index (κ1) is 11.4. The summed E-state index contributed by atoms with van der Waals surface area (Å²) in [6, 6.07) is 0. The predicted molar refractivity (Wildman–Crippen MR) is 49.8 cm³/mol. The number of allylic oxidation sites excluding steroid dienone is 3. The highest BCUT2D eigenvalue weighted by atomic mass is 31.2. The quantitative estimate of drug-likeness (QED) is 0.513. The Kier molecular flexibility index (Phi) is 4.83. The minimum atomic E-state index is -4.04. The maximum atomic E-state index is 10.5. The smallest absolute Gasteiger partial charge is 0.321 e. The molecule has 12 heavy (non-hydrogen) atoms. The van der Waals surface area contributed by atoms with Crippen LogP contribution in [0.1, 0.15) is 12.8 Å². The first-order valence-corrected chi connectivity index (χ1v) is 5.15. The molecule has 0 heterocycles. The van der Waals surface area contributed by atoms with E-state index < -0.39 is 7.60 Å². The van der Waals surface area contributed by atoms with Crippen LogP contribution >= 0.6 is 7.60 Å². The molecule has 0 aliphatic heterocycles. The van der Waals surface area contributed by atoms with Gasteiger partial charge in [-0.1, -0.05) is 17.7 Å². The normalized spacial score (nSPS) is 10.5. The molecule has 2 N–H and O–H groups in total. The Morgan fingerprint density at radius 3 is 1.92 bits per heavy atom. The SMILES string of the molecule is C=CCC(=CP(=O)(O)O)CC=C. The van der Waals surface area contributed by atoms with Crippen molar-refractivity contribution in [1.29, 1.82) is 0 Å². The molecule has 0 amide bonds. The molecule has 68 valence electrons. The zero-order valence-corrected chi connectivity index (χ0v) is 7.70. The van der Waals surface area contributed by atoms with E-state index in [0.717, 1.165) is 5.82 Å². The highest BCUT2D eigenvalue weighted by Gasteiger charge is 2.08. The first-order chi connectivity index (χ1) is 5.49. The summed E-state index contributed by atoms with van der Waals surface area (Å²) in [5, 5.41) is 0. The lowest BCUT2D eigenvalue weighted by Crippen LogP contribution is -1.80. The second-order valence-electron chi connectivity index (χ2n) is 2.36. The van der Waals surface area contributed by atoms with Gasteiger partial charge in [0, 0.05) is 5.82 Å². The van der Waals surface area contributed by atoms with E-state index >= 15 is 0 Å². The van der Waals surface area contributed by atoms with Crippen LogP contribution in [0.25, 0.3) is 0 Å². The third kappa shape index (κ3) is 6.10. The molecule has 0 aromatic heterocycles. The molecule has 0 atom stereocenters. The van der Waals surface area contributed by atoms with Gasteiger partial charge in [0.1, 0.15) is 0 Å². The second kappa shape index (κ2) is 5.09. The third-order valence-corrected chi connectivity index (χ3v) is 1.87. The molecule has 3 nitrogen and oxygen atoms in total. The van der Waals surface area contributed by atoms with Crippen LogP contribution in [0.2, 0.25) is 0 Å². The minimum Gasteiger partial charge on any atom is -0.321 e. The van der Waals surface area contributed by atoms with Gasteiger partial charge in [-0.2, -0.15) is 0 Å². The van der Waals surface area contributed by atoms with E-state index in [0.29, 0.717) is 18.4 Å². The van der Waals surface area contributed by atoms with Crippen molar-refractivity contribution in [3.05, 3.63) is 36.7 Å². The van der Waals surface area contributed by atoms with E-state index in [-0.39, 0.29) is 0 Å². The van der Waals surface area contributed by atoms with E-state index in [4.69, 9.17) is 9.79 Å². The molecule has 0 bridgehead atoms. The van der Waals surface area contributed by atoms with Crippen LogP contribution in [-0.4, -0.2) is 9.79 Å². The summed E-state index contributed by atoms with van der Waals surface area (Å²) in [5.41, 5.74) is 0.647. The Hall–Kier alpha value is -0.630. The minimum absolute atomic E-state index is 0.483. The van der Waals surface area contributed by atoms with Gasteiger partial charge in [-0.15, -0.1) is 13.2 Å². The molecule has 0 fully saturated rings. The largest absolute Gasteiger partial charge is 0.349 e. The van der Waals surface area contributed by atoms with Crippen LogP contribution in [0.3, 0.4) is 0 Å². The molecule has 0 radical (unpaired) electrons. The Bertz CT molecular complexity index is 225. The summed E-state index contributed by atoms with van der Waals surface area (Å²) in [6.07, 6.45) is 4.17. The molecule has 0 aliphatic rings. The van der Waals surface area contributed by atoms with Gasteiger partial charge >= 0.3 is 7.60 Å². The van der Waals surface area contributed by atoms with E-state index in [1.54, 1.807) is 12.2 Å². The van der Waals surface area contributed by atoms with Crippen molar-refractivity contribution in [1.82, 2.24) is 0 Å². The van der Waals surface area contributed by atoms with Gasteiger partial charge in [-0.3, -0.25) is 4.57 Å². The monoisotopic (exact) mass is 188 g/mol.